The minimum atomic E-state index is -3.36. The molecule has 0 saturated carbocycles. The largest absolute Gasteiger partial charge is 0.312 e. The molecule has 1 aromatic heterocycles. The Labute approximate surface area is 120 Å². The Morgan fingerprint density at radius 2 is 2.05 bits per heavy atom. The summed E-state index contributed by atoms with van der Waals surface area (Å²) in [5.41, 5.74) is 0. The Morgan fingerprint density at radius 3 is 2.63 bits per heavy atom. The molecule has 19 heavy (non-hydrogen) atoms. The maximum absolute atomic E-state index is 12.2. The number of thiophene rings is 1. The summed E-state index contributed by atoms with van der Waals surface area (Å²) >= 11 is 1.54. The molecule has 0 aromatic carbocycles. The molecule has 110 valence electrons. The standard InChI is InChI=1S/C13H24N2O2S2/c1-5-6-14-9-12-7-13(11(4)18-12)19(16,17)15-8-10(2)3/h7,10,14-15H,5-6,8-9H2,1-4H3. The second-order valence-electron chi connectivity index (χ2n) is 5.06. The van der Waals surface area contributed by atoms with Crippen LogP contribution in [0.15, 0.2) is 11.0 Å². The van der Waals surface area contributed by atoms with E-state index in [-0.39, 0.29) is 0 Å². The molecule has 0 spiro atoms. The van der Waals surface area contributed by atoms with E-state index in [0.717, 1.165) is 29.3 Å². The van der Waals surface area contributed by atoms with Gasteiger partial charge in [-0.25, -0.2) is 13.1 Å². The number of nitrogens with one attached hydrogen (secondary N) is 2. The van der Waals surface area contributed by atoms with Crippen LogP contribution in [0.25, 0.3) is 0 Å². The van der Waals surface area contributed by atoms with Crippen LogP contribution in [-0.4, -0.2) is 21.5 Å². The summed E-state index contributed by atoms with van der Waals surface area (Å²) in [5, 5.41) is 3.29. The van der Waals surface area contributed by atoms with Crippen molar-refractivity contribution >= 4 is 21.4 Å². The number of hydrogen-bond acceptors (Lipinski definition) is 4. The molecule has 0 fully saturated rings. The zero-order chi connectivity index (χ0) is 14.5. The molecular weight excluding hydrogens is 280 g/mol. The average Bonchev–Trinajstić information content (AvgIpc) is 2.69. The van der Waals surface area contributed by atoms with Crippen LogP contribution in [0.5, 0.6) is 0 Å². The third-order valence-electron chi connectivity index (χ3n) is 2.62. The maximum Gasteiger partial charge on any atom is 0.241 e. The summed E-state index contributed by atoms with van der Waals surface area (Å²) in [6, 6.07) is 1.78. The fraction of sp³-hybridized carbons (Fsp3) is 0.692. The molecule has 0 bridgehead atoms. The topological polar surface area (TPSA) is 58.2 Å². The molecule has 0 aliphatic carbocycles. The third kappa shape index (κ3) is 5.22. The molecule has 1 rings (SSSR count). The normalized spacial score (nSPS) is 12.3. The first kappa shape index (κ1) is 16.6. The van der Waals surface area contributed by atoms with Crippen molar-refractivity contribution < 1.29 is 8.42 Å². The van der Waals surface area contributed by atoms with E-state index < -0.39 is 10.0 Å². The van der Waals surface area contributed by atoms with Gasteiger partial charge >= 0.3 is 0 Å². The highest BCUT2D eigenvalue weighted by Gasteiger charge is 2.19. The number of aryl methyl sites for hydroxylation is 1. The van der Waals surface area contributed by atoms with Crippen LogP contribution >= 0.6 is 11.3 Å². The predicted molar refractivity (Wildman–Crippen MR) is 81.1 cm³/mol. The summed E-state index contributed by atoms with van der Waals surface area (Å²) in [4.78, 5) is 2.34. The first-order valence-electron chi connectivity index (χ1n) is 6.66. The highest BCUT2D eigenvalue weighted by Crippen LogP contribution is 2.25. The van der Waals surface area contributed by atoms with Crippen molar-refractivity contribution in [2.75, 3.05) is 13.1 Å². The molecule has 1 heterocycles. The van der Waals surface area contributed by atoms with Gasteiger partial charge in [-0.3, -0.25) is 0 Å². The molecule has 0 amide bonds. The lowest BCUT2D eigenvalue weighted by atomic mass is 10.2. The first-order valence-corrected chi connectivity index (χ1v) is 8.96. The quantitative estimate of drug-likeness (QED) is 0.726. The van der Waals surface area contributed by atoms with E-state index in [1.165, 1.54) is 0 Å². The van der Waals surface area contributed by atoms with Crippen molar-refractivity contribution in [2.45, 2.75) is 45.6 Å². The van der Waals surface area contributed by atoms with Gasteiger partial charge in [0.2, 0.25) is 10.0 Å². The van der Waals surface area contributed by atoms with Crippen molar-refractivity contribution in [1.29, 1.82) is 0 Å². The highest BCUT2D eigenvalue weighted by atomic mass is 32.2. The van der Waals surface area contributed by atoms with Gasteiger partial charge in [-0.15, -0.1) is 11.3 Å². The zero-order valence-electron chi connectivity index (χ0n) is 12.1. The molecule has 0 aliphatic rings. The van der Waals surface area contributed by atoms with Gasteiger partial charge < -0.3 is 5.32 Å². The van der Waals surface area contributed by atoms with E-state index in [9.17, 15) is 8.42 Å². The van der Waals surface area contributed by atoms with Gasteiger partial charge in [-0.05, 0) is 31.9 Å². The molecule has 0 unspecified atom stereocenters. The minimum absolute atomic E-state index is 0.305. The molecule has 0 radical (unpaired) electrons. The summed E-state index contributed by atoms with van der Waals surface area (Å²) < 4.78 is 27.0. The van der Waals surface area contributed by atoms with Crippen molar-refractivity contribution in [2.24, 2.45) is 5.92 Å². The van der Waals surface area contributed by atoms with Gasteiger partial charge in [0.15, 0.2) is 0 Å². The van der Waals surface area contributed by atoms with E-state index in [4.69, 9.17) is 0 Å². The van der Waals surface area contributed by atoms with Gasteiger partial charge in [-0.2, -0.15) is 0 Å². The van der Waals surface area contributed by atoms with Crippen LogP contribution < -0.4 is 10.0 Å². The number of sulfonamides is 1. The highest BCUT2D eigenvalue weighted by molar-refractivity contribution is 7.89. The van der Waals surface area contributed by atoms with E-state index in [0.29, 0.717) is 17.4 Å². The van der Waals surface area contributed by atoms with E-state index in [1.54, 1.807) is 17.4 Å². The maximum atomic E-state index is 12.2. The van der Waals surface area contributed by atoms with Gasteiger partial charge in [0.1, 0.15) is 0 Å². The molecule has 4 nitrogen and oxygen atoms in total. The lowest BCUT2D eigenvalue weighted by Gasteiger charge is -2.08. The van der Waals surface area contributed by atoms with Gasteiger partial charge in [-0.1, -0.05) is 20.8 Å². The average molecular weight is 304 g/mol. The summed E-state index contributed by atoms with van der Waals surface area (Å²) in [5.74, 6) is 0.305. The number of rotatable bonds is 8. The third-order valence-corrected chi connectivity index (χ3v) is 5.35. The van der Waals surface area contributed by atoms with Crippen molar-refractivity contribution in [3.8, 4) is 0 Å². The Morgan fingerprint density at radius 1 is 1.37 bits per heavy atom. The molecule has 0 atom stereocenters. The smallest absolute Gasteiger partial charge is 0.241 e. The molecule has 0 aliphatic heterocycles. The molecule has 2 N–H and O–H groups in total. The van der Waals surface area contributed by atoms with Crippen molar-refractivity contribution in [1.82, 2.24) is 10.0 Å². The fourth-order valence-corrected chi connectivity index (χ4v) is 4.44. The van der Waals surface area contributed by atoms with Crippen LogP contribution in [0, 0.1) is 12.8 Å². The van der Waals surface area contributed by atoms with Crippen LogP contribution in [0.3, 0.4) is 0 Å². The zero-order valence-corrected chi connectivity index (χ0v) is 13.7. The second-order valence-corrected chi connectivity index (χ2v) is 8.13. The van der Waals surface area contributed by atoms with Crippen LogP contribution in [0.1, 0.15) is 36.9 Å². The Balaban J connectivity index is 2.77. The summed E-state index contributed by atoms with van der Waals surface area (Å²) in [6.45, 7) is 10.1. The first-order chi connectivity index (χ1) is 8.86. The van der Waals surface area contributed by atoms with Gasteiger partial charge in [0.25, 0.3) is 0 Å². The molecule has 1 aromatic rings. The lowest BCUT2D eigenvalue weighted by molar-refractivity contribution is 0.560. The predicted octanol–water partition coefficient (Wildman–Crippen LogP) is 2.49. The Kier molecular flexibility index (Phi) is 6.46. The van der Waals surface area contributed by atoms with Crippen LogP contribution in [0.2, 0.25) is 0 Å². The van der Waals surface area contributed by atoms with E-state index in [2.05, 4.69) is 17.0 Å². The van der Waals surface area contributed by atoms with Crippen LogP contribution in [-0.2, 0) is 16.6 Å². The summed E-state index contributed by atoms with van der Waals surface area (Å²) in [6.07, 6.45) is 1.07. The molecule has 0 saturated heterocycles. The van der Waals surface area contributed by atoms with E-state index in [1.807, 2.05) is 20.8 Å². The Hall–Kier alpha value is -0.430. The van der Waals surface area contributed by atoms with Crippen molar-refractivity contribution in [3.63, 3.8) is 0 Å². The van der Waals surface area contributed by atoms with Crippen molar-refractivity contribution in [3.05, 3.63) is 15.8 Å². The van der Waals surface area contributed by atoms with Crippen LogP contribution in [0.4, 0.5) is 0 Å². The minimum Gasteiger partial charge on any atom is -0.312 e. The summed E-state index contributed by atoms with van der Waals surface area (Å²) in [7, 11) is -3.36. The van der Waals surface area contributed by atoms with Gasteiger partial charge in [0.05, 0.1) is 4.90 Å². The monoisotopic (exact) mass is 304 g/mol. The fourth-order valence-electron chi connectivity index (χ4n) is 1.62. The molecule has 6 heteroatoms. The van der Waals surface area contributed by atoms with E-state index >= 15 is 0 Å². The number of hydrogen-bond donors (Lipinski definition) is 2. The second kappa shape index (κ2) is 7.38. The lowest BCUT2D eigenvalue weighted by Crippen LogP contribution is -2.27. The molecular formula is C13H24N2O2S2. The Bertz CT molecular complexity index is 493. The SMILES string of the molecule is CCCNCc1cc(S(=O)(=O)NCC(C)C)c(C)s1. The van der Waals surface area contributed by atoms with Gasteiger partial charge in [0, 0.05) is 22.8 Å².